The van der Waals surface area contributed by atoms with Crippen molar-refractivity contribution in [3.8, 4) is 0 Å². The van der Waals surface area contributed by atoms with Crippen LogP contribution in [-0.4, -0.2) is 37.2 Å². The third kappa shape index (κ3) is 60.6. The predicted octanol–water partition coefficient (Wildman–Crippen LogP) is 21.2. The van der Waals surface area contributed by atoms with Gasteiger partial charge in [-0.25, -0.2) is 0 Å². The summed E-state index contributed by atoms with van der Waals surface area (Å²) in [7, 11) is 0. The molecule has 0 unspecified atom stereocenters. The van der Waals surface area contributed by atoms with Crippen molar-refractivity contribution in [2.24, 2.45) is 0 Å². The van der Waals surface area contributed by atoms with Crippen LogP contribution in [0.2, 0.25) is 0 Å². The van der Waals surface area contributed by atoms with Gasteiger partial charge in [0.1, 0.15) is 13.2 Å². The van der Waals surface area contributed by atoms with Crippen LogP contribution in [0.1, 0.15) is 278 Å². The van der Waals surface area contributed by atoms with Gasteiger partial charge in [-0.2, -0.15) is 0 Å². The molecule has 0 amide bonds. The van der Waals surface area contributed by atoms with Crippen molar-refractivity contribution in [1.29, 1.82) is 0 Å². The molecule has 0 aliphatic rings. The summed E-state index contributed by atoms with van der Waals surface area (Å²) in [6.45, 7) is 6.43. The first-order valence-corrected chi connectivity index (χ1v) is 31.0. The Bertz CT molecular complexity index is 1570. The first kappa shape index (κ1) is 70.8. The Kier molecular flexibility index (Phi) is 58.9. The van der Waals surface area contributed by atoms with Crippen molar-refractivity contribution in [3.63, 3.8) is 0 Å². The first-order valence-electron chi connectivity index (χ1n) is 31.0. The fourth-order valence-electron chi connectivity index (χ4n) is 8.33. The van der Waals surface area contributed by atoms with E-state index < -0.39 is 6.10 Å². The third-order valence-electron chi connectivity index (χ3n) is 13.0. The minimum atomic E-state index is -0.829. The van der Waals surface area contributed by atoms with Gasteiger partial charge in [-0.3, -0.25) is 14.4 Å². The van der Waals surface area contributed by atoms with E-state index in [4.69, 9.17) is 14.2 Å². The van der Waals surface area contributed by atoms with Gasteiger partial charge in [0.2, 0.25) is 0 Å². The number of allylic oxidation sites excluding steroid dienone is 20. The molecule has 0 radical (unpaired) electrons. The zero-order valence-electron chi connectivity index (χ0n) is 48.8. The van der Waals surface area contributed by atoms with E-state index in [1.165, 1.54) is 128 Å². The van der Waals surface area contributed by atoms with Crippen LogP contribution in [0.5, 0.6) is 0 Å². The fraction of sp³-hybridized carbons (Fsp3) is 0.667. The lowest BCUT2D eigenvalue weighted by Gasteiger charge is -2.18. The Morgan fingerprint density at radius 3 is 0.920 bits per heavy atom. The summed E-state index contributed by atoms with van der Waals surface area (Å²) in [5.74, 6) is -1.03. The van der Waals surface area contributed by atoms with Gasteiger partial charge in [0.25, 0.3) is 0 Å². The average molecular weight is 1040 g/mol. The molecule has 0 aromatic heterocycles. The zero-order valence-corrected chi connectivity index (χ0v) is 48.8. The van der Waals surface area contributed by atoms with Crippen molar-refractivity contribution < 1.29 is 28.6 Å². The molecule has 0 aliphatic carbocycles. The van der Waals surface area contributed by atoms with Gasteiger partial charge in [0.05, 0.1) is 0 Å². The molecular weight excluding hydrogens is 925 g/mol. The third-order valence-corrected chi connectivity index (χ3v) is 13.0. The Labute approximate surface area is 462 Å². The highest BCUT2D eigenvalue weighted by atomic mass is 16.6. The van der Waals surface area contributed by atoms with Gasteiger partial charge in [-0.15, -0.1) is 0 Å². The van der Waals surface area contributed by atoms with Gasteiger partial charge in [-0.05, 0) is 103 Å². The molecule has 0 fully saturated rings. The molecule has 0 rings (SSSR count). The maximum Gasteiger partial charge on any atom is 0.306 e. The Balaban J connectivity index is 4.54. The fourth-order valence-corrected chi connectivity index (χ4v) is 8.33. The molecule has 0 saturated heterocycles. The van der Waals surface area contributed by atoms with Gasteiger partial charge < -0.3 is 14.2 Å². The molecule has 0 spiro atoms. The maximum atomic E-state index is 12.9. The molecular formula is C69H114O6. The molecule has 75 heavy (non-hydrogen) atoms. The monoisotopic (exact) mass is 1040 g/mol. The Hall–Kier alpha value is -4.19. The highest BCUT2D eigenvalue weighted by molar-refractivity contribution is 5.71. The lowest BCUT2D eigenvalue weighted by atomic mass is 10.0. The predicted molar refractivity (Wildman–Crippen MR) is 325 cm³/mol. The van der Waals surface area contributed by atoms with E-state index in [2.05, 4.69) is 136 Å². The van der Waals surface area contributed by atoms with Gasteiger partial charge in [0.15, 0.2) is 6.10 Å². The van der Waals surface area contributed by atoms with Crippen molar-refractivity contribution in [2.45, 2.75) is 284 Å². The van der Waals surface area contributed by atoms with Crippen LogP contribution >= 0.6 is 0 Å². The van der Waals surface area contributed by atoms with Crippen molar-refractivity contribution in [1.82, 2.24) is 0 Å². The molecule has 0 aromatic rings. The maximum absolute atomic E-state index is 12.9. The minimum absolute atomic E-state index is 0.115. The molecule has 6 nitrogen and oxygen atoms in total. The van der Waals surface area contributed by atoms with Crippen molar-refractivity contribution in [2.75, 3.05) is 13.2 Å². The number of rotatable bonds is 55. The summed E-state index contributed by atoms with van der Waals surface area (Å²) in [4.78, 5) is 38.3. The lowest BCUT2D eigenvalue weighted by molar-refractivity contribution is -0.166. The van der Waals surface area contributed by atoms with Crippen LogP contribution in [0, 0.1) is 0 Å². The second-order valence-electron chi connectivity index (χ2n) is 20.2. The topological polar surface area (TPSA) is 78.9 Å². The van der Waals surface area contributed by atoms with Crippen LogP contribution in [0.15, 0.2) is 122 Å². The summed E-state index contributed by atoms with van der Waals surface area (Å²) < 4.78 is 16.8. The normalized spacial score (nSPS) is 12.9. The molecule has 0 N–H and O–H groups in total. The van der Waals surface area contributed by atoms with Crippen LogP contribution in [0.3, 0.4) is 0 Å². The SMILES string of the molecule is CC/C=C\C/C=C\C/C=C\C/C=C\C/C=C\C/C=C\CCC(=O)OC[C@@H](COC(=O)CCCCCCCCCCCCCCCCCCCCC)OC(=O)CCCCC/C=C\C/C=C\C/C=C\C/C=C\CCCCC. The van der Waals surface area contributed by atoms with E-state index in [1.54, 1.807) is 0 Å². The zero-order chi connectivity index (χ0) is 54.3. The summed E-state index contributed by atoms with van der Waals surface area (Å²) in [5.41, 5.74) is 0. The van der Waals surface area contributed by atoms with Gasteiger partial charge in [0, 0.05) is 19.3 Å². The van der Waals surface area contributed by atoms with E-state index in [9.17, 15) is 14.4 Å². The van der Waals surface area contributed by atoms with Crippen LogP contribution in [0.25, 0.3) is 0 Å². The minimum Gasteiger partial charge on any atom is -0.462 e. The number of carbonyl (C=O) groups is 3. The van der Waals surface area contributed by atoms with E-state index in [0.29, 0.717) is 19.3 Å². The van der Waals surface area contributed by atoms with E-state index >= 15 is 0 Å². The second-order valence-corrected chi connectivity index (χ2v) is 20.2. The molecule has 0 aromatic carbocycles. The second kappa shape index (κ2) is 62.4. The lowest BCUT2D eigenvalue weighted by Crippen LogP contribution is -2.30. The van der Waals surface area contributed by atoms with Crippen LogP contribution in [-0.2, 0) is 28.6 Å². The molecule has 0 heterocycles. The number of ether oxygens (including phenoxy) is 3. The number of esters is 3. The smallest absolute Gasteiger partial charge is 0.306 e. The molecule has 0 aliphatic heterocycles. The molecule has 0 bridgehead atoms. The first-order chi connectivity index (χ1) is 37.0. The highest BCUT2D eigenvalue weighted by Gasteiger charge is 2.19. The Morgan fingerprint density at radius 1 is 0.280 bits per heavy atom. The number of hydrogen-bond acceptors (Lipinski definition) is 6. The summed E-state index contributed by atoms with van der Waals surface area (Å²) in [5, 5.41) is 0. The number of hydrogen-bond donors (Lipinski definition) is 0. The molecule has 426 valence electrons. The summed E-state index contributed by atoms with van der Waals surface area (Å²) >= 11 is 0. The van der Waals surface area contributed by atoms with Gasteiger partial charge in [-0.1, -0.05) is 277 Å². The summed E-state index contributed by atoms with van der Waals surface area (Å²) in [6.07, 6.45) is 86.4. The molecule has 1 atom stereocenters. The molecule has 0 saturated carbocycles. The van der Waals surface area contributed by atoms with E-state index in [-0.39, 0.29) is 44.0 Å². The van der Waals surface area contributed by atoms with Gasteiger partial charge >= 0.3 is 17.9 Å². The van der Waals surface area contributed by atoms with E-state index in [0.717, 1.165) is 96.3 Å². The number of carbonyl (C=O) groups excluding carboxylic acids is 3. The standard InChI is InChI=1S/C69H114O6/c1-4-7-10-13-16-19-22-25-28-31-34-37-40-43-46-49-52-55-58-61-67(70)73-64-66(75-69(72)63-60-57-54-51-48-45-42-39-36-33-30-27-24-21-18-15-12-9-6-3)65-74-68(71)62-59-56-53-50-47-44-41-38-35-32-29-26-23-20-17-14-11-8-5-2/h7,10,16,18-19,21,25,27-28,30,34,36-37,39,43,45-46,48,52,55,66H,4-6,8-9,11-15,17,20,22-24,26,29,31-33,35,38,40-42,44,47,49-51,53-54,56-65H2,1-3H3/b10-7-,19-16-,21-18-,28-25-,30-27-,37-34-,39-36-,46-43-,48-45-,55-52-/t66-/m0/s1. The van der Waals surface area contributed by atoms with Crippen molar-refractivity contribution in [3.05, 3.63) is 122 Å². The summed E-state index contributed by atoms with van der Waals surface area (Å²) in [6, 6.07) is 0. The van der Waals surface area contributed by atoms with Crippen molar-refractivity contribution >= 4 is 17.9 Å². The largest absolute Gasteiger partial charge is 0.462 e. The van der Waals surface area contributed by atoms with Crippen LogP contribution < -0.4 is 0 Å². The van der Waals surface area contributed by atoms with Crippen LogP contribution in [0.4, 0.5) is 0 Å². The number of unbranched alkanes of at least 4 members (excludes halogenated alkanes) is 24. The quantitative estimate of drug-likeness (QED) is 0.0261. The highest BCUT2D eigenvalue weighted by Crippen LogP contribution is 2.16. The van der Waals surface area contributed by atoms with E-state index in [1.807, 2.05) is 6.08 Å². The average Bonchev–Trinajstić information content (AvgIpc) is 3.41. The Morgan fingerprint density at radius 2 is 0.547 bits per heavy atom. The molecule has 6 heteroatoms.